The summed E-state index contributed by atoms with van der Waals surface area (Å²) < 4.78 is 0.571. The smallest absolute Gasteiger partial charge is 0.255 e. The highest BCUT2D eigenvalue weighted by molar-refractivity contribution is 9.10. The third kappa shape index (κ3) is 2.88. The molecule has 0 saturated carbocycles. The molecule has 0 saturated heterocycles. The van der Waals surface area contributed by atoms with E-state index in [2.05, 4.69) is 30.9 Å². The van der Waals surface area contributed by atoms with Crippen LogP contribution in [0.2, 0.25) is 5.02 Å². The van der Waals surface area contributed by atoms with Crippen LogP contribution >= 0.6 is 27.5 Å². The van der Waals surface area contributed by atoms with E-state index in [9.17, 15) is 4.79 Å². The first kappa shape index (κ1) is 13.0. The van der Waals surface area contributed by atoms with Gasteiger partial charge in [-0.15, -0.1) is 0 Å². The van der Waals surface area contributed by atoms with Gasteiger partial charge in [-0.3, -0.25) is 4.79 Å². The van der Waals surface area contributed by atoms with E-state index in [1.165, 1.54) is 11.1 Å². The number of nitrogens with zero attached hydrogens (tertiary/aromatic N) is 3. The topological polar surface area (TPSA) is 61.9 Å². The normalized spacial score (nSPS) is 10.4. The molecule has 1 amide bonds. The maximum absolute atomic E-state index is 12.2. The minimum Gasteiger partial charge on any atom is -0.347 e. The van der Waals surface area contributed by atoms with Gasteiger partial charge in [0.2, 0.25) is 0 Å². The number of nitrogens with one attached hydrogen (secondary N) is 1. The molecular formula is C11H10BrClN4O. The van der Waals surface area contributed by atoms with Crippen LogP contribution in [0.5, 0.6) is 0 Å². The predicted octanol–water partition coefficient (Wildman–Crippen LogP) is 2.49. The zero-order valence-corrected chi connectivity index (χ0v) is 11.9. The molecule has 0 aromatic carbocycles. The first-order valence-corrected chi connectivity index (χ1v) is 6.30. The van der Waals surface area contributed by atoms with Crippen molar-refractivity contribution in [3.05, 3.63) is 45.7 Å². The van der Waals surface area contributed by atoms with Crippen molar-refractivity contribution in [2.75, 3.05) is 7.05 Å². The summed E-state index contributed by atoms with van der Waals surface area (Å²) in [5.41, 5.74) is 0.410. The quantitative estimate of drug-likeness (QED) is 0.880. The van der Waals surface area contributed by atoms with Gasteiger partial charge in [0.25, 0.3) is 5.91 Å². The molecular weight excluding hydrogens is 320 g/mol. The second-order valence-corrected chi connectivity index (χ2v) is 4.90. The lowest BCUT2D eigenvalue weighted by molar-refractivity contribution is 0.0782. The molecule has 7 heteroatoms. The molecule has 0 aliphatic carbocycles. The SMILES string of the molecule is CN(Cc1ncc[nH]1)C(=O)c1cc(Br)ncc1Cl. The maximum atomic E-state index is 12.2. The highest BCUT2D eigenvalue weighted by Crippen LogP contribution is 2.20. The lowest BCUT2D eigenvalue weighted by Crippen LogP contribution is -2.27. The Labute approximate surface area is 117 Å². The number of hydrogen-bond donors (Lipinski definition) is 1. The zero-order valence-electron chi connectivity index (χ0n) is 9.52. The molecule has 0 atom stereocenters. The summed E-state index contributed by atoms with van der Waals surface area (Å²) in [6.07, 6.45) is 4.80. The Hall–Kier alpha value is -1.40. The summed E-state index contributed by atoms with van der Waals surface area (Å²) in [4.78, 5) is 24.7. The van der Waals surface area contributed by atoms with Crippen molar-refractivity contribution in [1.82, 2.24) is 19.9 Å². The van der Waals surface area contributed by atoms with Crippen LogP contribution in [0.1, 0.15) is 16.2 Å². The molecule has 0 spiro atoms. The van der Waals surface area contributed by atoms with E-state index >= 15 is 0 Å². The fourth-order valence-corrected chi connectivity index (χ4v) is 1.98. The van der Waals surface area contributed by atoms with Gasteiger partial charge in [-0.25, -0.2) is 9.97 Å². The van der Waals surface area contributed by atoms with Crippen LogP contribution in [0.25, 0.3) is 0 Å². The molecule has 0 radical (unpaired) electrons. The van der Waals surface area contributed by atoms with Gasteiger partial charge < -0.3 is 9.88 Å². The van der Waals surface area contributed by atoms with Crippen molar-refractivity contribution in [3.63, 3.8) is 0 Å². The van der Waals surface area contributed by atoms with E-state index in [0.29, 0.717) is 21.7 Å². The van der Waals surface area contributed by atoms with E-state index in [-0.39, 0.29) is 5.91 Å². The lowest BCUT2D eigenvalue weighted by atomic mass is 10.2. The molecule has 2 aromatic heterocycles. The average Bonchev–Trinajstić information content (AvgIpc) is 2.84. The summed E-state index contributed by atoms with van der Waals surface area (Å²) in [6, 6.07) is 1.60. The first-order valence-electron chi connectivity index (χ1n) is 5.12. The fourth-order valence-electron chi connectivity index (χ4n) is 1.46. The summed E-state index contributed by atoms with van der Waals surface area (Å²) in [6.45, 7) is 0.391. The predicted molar refractivity (Wildman–Crippen MR) is 71.3 cm³/mol. The monoisotopic (exact) mass is 328 g/mol. The Balaban J connectivity index is 2.17. The Morgan fingerprint density at radius 3 is 3.00 bits per heavy atom. The van der Waals surface area contributed by atoms with Gasteiger partial charge in [0.15, 0.2) is 0 Å². The number of carbonyl (C=O) groups is 1. The third-order valence-electron chi connectivity index (χ3n) is 2.34. The number of aromatic nitrogens is 3. The van der Waals surface area contributed by atoms with Crippen molar-refractivity contribution in [3.8, 4) is 0 Å². The van der Waals surface area contributed by atoms with E-state index in [4.69, 9.17) is 11.6 Å². The lowest BCUT2D eigenvalue weighted by Gasteiger charge is -2.16. The molecule has 0 bridgehead atoms. The minimum atomic E-state index is -0.181. The van der Waals surface area contributed by atoms with Gasteiger partial charge in [0.1, 0.15) is 10.4 Å². The number of rotatable bonds is 3. The molecule has 0 fully saturated rings. The largest absolute Gasteiger partial charge is 0.347 e. The van der Waals surface area contributed by atoms with E-state index in [1.54, 1.807) is 25.5 Å². The second-order valence-electron chi connectivity index (χ2n) is 3.68. The fraction of sp³-hybridized carbons (Fsp3) is 0.182. The molecule has 2 rings (SSSR count). The Morgan fingerprint density at radius 1 is 1.56 bits per heavy atom. The number of pyridine rings is 1. The average molecular weight is 330 g/mol. The number of hydrogen-bond acceptors (Lipinski definition) is 3. The number of aromatic amines is 1. The van der Waals surface area contributed by atoms with Crippen LogP contribution in [0.3, 0.4) is 0 Å². The number of amides is 1. The highest BCUT2D eigenvalue weighted by atomic mass is 79.9. The van der Waals surface area contributed by atoms with Crippen LogP contribution < -0.4 is 0 Å². The van der Waals surface area contributed by atoms with Crippen molar-refractivity contribution in [1.29, 1.82) is 0 Å². The van der Waals surface area contributed by atoms with E-state index in [1.807, 2.05) is 0 Å². The molecule has 18 heavy (non-hydrogen) atoms. The second kappa shape index (κ2) is 5.49. The molecule has 0 aliphatic rings. The number of H-pyrrole nitrogens is 1. The van der Waals surface area contributed by atoms with Gasteiger partial charge in [0.05, 0.1) is 17.1 Å². The van der Waals surface area contributed by atoms with Gasteiger partial charge in [-0.05, 0) is 22.0 Å². The van der Waals surface area contributed by atoms with Crippen molar-refractivity contribution in [2.45, 2.75) is 6.54 Å². The molecule has 2 heterocycles. The molecule has 0 aliphatic heterocycles. The molecule has 2 aromatic rings. The first-order chi connectivity index (χ1) is 8.58. The summed E-state index contributed by atoms with van der Waals surface area (Å²) in [7, 11) is 1.69. The summed E-state index contributed by atoms with van der Waals surface area (Å²) in [5, 5.41) is 0.328. The molecule has 94 valence electrons. The zero-order chi connectivity index (χ0) is 13.1. The van der Waals surface area contributed by atoms with Crippen molar-refractivity contribution < 1.29 is 4.79 Å². The number of imidazole rings is 1. The summed E-state index contributed by atoms with van der Waals surface area (Å²) >= 11 is 9.18. The summed E-state index contributed by atoms with van der Waals surface area (Å²) in [5.74, 6) is 0.537. The maximum Gasteiger partial charge on any atom is 0.255 e. The highest BCUT2D eigenvalue weighted by Gasteiger charge is 2.16. The Morgan fingerprint density at radius 2 is 2.33 bits per heavy atom. The van der Waals surface area contributed by atoms with Gasteiger partial charge in [0, 0.05) is 25.6 Å². The minimum absolute atomic E-state index is 0.181. The van der Waals surface area contributed by atoms with Gasteiger partial charge >= 0.3 is 0 Å². The molecule has 0 unspecified atom stereocenters. The van der Waals surface area contributed by atoms with Crippen LogP contribution in [-0.2, 0) is 6.54 Å². The van der Waals surface area contributed by atoms with Crippen LogP contribution in [0.15, 0.2) is 29.3 Å². The number of carbonyl (C=O) groups excluding carboxylic acids is 1. The van der Waals surface area contributed by atoms with Crippen LogP contribution in [-0.4, -0.2) is 32.8 Å². The molecule has 5 nitrogen and oxygen atoms in total. The third-order valence-corrected chi connectivity index (χ3v) is 3.08. The van der Waals surface area contributed by atoms with Crippen LogP contribution in [0.4, 0.5) is 0 Å². The Bertz CT molecular complexity index is 558. The molecule has 1 N–H and O–H groups in total. The number of halogens is 2. The van der Waals surface area contributed by atoms with Crippen molar-refractivity contribution >= 4 is 33.4 Å². The Kier molecular flexibility index (Phi) is 3.98. The van der Waals surface area contributed by atoms with Crippen molar-refractivity contribution in [2.24, 2.45) is 0 Å². The van der Waals surface area contributed by atoms with Gasteiger partial charge in [-0.2, -0.15) is 0 Å². The standard InChI is InChI=1S/C11H10BrClN4O/c1-17(6-10-14-2-3-15-10)11(18)7-4-9(12)16-5-8(7)13/h2-5H,6H2,1H3,(H,14,15). The van der Waals surface area contributed by atoms with Crippen LogP contribution in [0, 0.1) is 0 Å². The van der Waals surface area contributed by atoms with E-state index in [0.717, 1.165) is 5.82 Å². The van der Waals surface area contributed by atoms with Gasteiger partial charge in [-0.1, -0.05) is 11.6 Å². The van der Waals surface area contributed by atoms with E-state index < -0.39 is 0 Å².